The van der Waals surface area contributed by atoms with Gasteiger partial charge in [-0.05, 0) is 17.0 Å². The summed E-state index contributed by atoms with van der Waals surface area (Å²) < 4.78 is 1.03. The van der Waals surface area contributed by atoms with Crippen LogP contribution in [0.4, 0.5) is 0 Å². The van der Waals surface area contributed by atoms with Gasteiger partial charge in [0.25, 0.3) is 5.56 Å². The predicted octanol–water partition coefficient (Wildman–Crippen LogP) is 3.31. The zero-order valence-electron chi connectivity index (χ0n) is 14.6. The Bertz CT molecular complexity index is 1170. The Morgan fingerprint density at radius 1 is 1.18 bits per heavy atom. The molecule has 0 aliphatic carbocycles. The lowest BCUT2D eigenvalue weighted by Gasteiger charge is -2.08. The van der Waals surface area contributed by atoms with Crippen LogP contribution < -0.4 is 16.7 Å². The number of nitrogens with zero attached hydrogens (tertiary/aromatic N) is 2. The van der Waals surface area contributed by atoms with Crippen molar-refractivity contribution < 1.29 is 4.79 Å². The average molecular weight is 429 g/mol. The number of amides is 1. The van der Waals surface area contributed by atoms with Gasteiger partial charge in [0.2, 0.25) is 5.91 Å². The molecule has 3 aromatic heterocycles. The van der Waals surface area contributed by atoms with Gasteiger partial charge >= 0.3 is 0 Å². The smallest absolute Gasteiger partial charge is 0.282 e. The van der Waals surface area contributed by atoms with Crippen LogP contribution in [0.5, 0.6) is 0 Å². The molecule has 3 heterocycles. The topological polar surface area (TPSA) is 90.0 Å². The minimum Gasteiger partial charge on any atom is -0.350 e. The van der Waals surface area contributed by atoms with Crippen LogP contribution in [0.3, 0.4) is 0 Å². The summed E-state index contributed by atoms with van der Waals surface area (Å²) in [6.07, 6.45) is 0. The molecule has 0 radical (unpaired) electrons. The highest BCUT2D eigenvalue weighted by molar-refractivity contribution is 7.99. The molecule has 0 saturated heterocycles. The molecule has 0 aliphatic rings. The standard InChI is InChI=1S/C19H16N4O2S3/c20-23-18(25)16-14(12-5-2-1-3-6-12)10-27-17(16)22-19(23)28-11-15(24)21-9-13-7-4-8-26-13/h1-8,10H,9,11,20H2,(H,21,24). The summed E-state index contributed by atoms with van der Waals surface area (Å²) in [5, 5.41) is 7.56. The summed E-state index contributed by atoms with van der Waals surface area (Å²) in [5.41, 5.74) is 1.45. The molecule has 1 aromatic carbocycles. The van der Waals surface area contributed by atoms with Crippen molar-refractivity contribution in [3.05, 3.63) is 68.5 Å². The predicted molar refractivity (Wildman–Crippen MR) is 116 cm³/mol. The van der Waals surface area contributed by atoms with Crippen LogP contribution >= 0.6 is 34.4 Å². The fourth-order valence-corrected chi connectivity index (χ4v) is 5.08. The number of thioether (sulfide) groups is 1. The molecule has 6 nitrogen and oxygen atoms in total. The second kappa shape index (κ2) is 8.17. The number of benzene rings is 1. The Morgan fingerprint density at radius 2 is 2.00 bits per heavy atom. The SMILES string of the molecule is Nn1c(SCC(=O)NCc2cccs2)nc2scc(-c3ccccc3)c2c1=O. The number of hydrogen-bond donors (Lipinski definition) is 2. The highest BCUT2D eigenvalue weighted by atomic mass is 32.2. The van der Waals surface area contributed by atoms with Crippen molar-refractivity contribution >= 4 is 50.6 Å². The van der Waals surface area contributed by atoms with E-state index in [0.717, 1.165) is 32.4 Å². The lowest BCUT2D eigenvalue weighted by molar-refractivity contribution is -0.118. The molecule has 0 spiro atoms. The molecule has 9 heteroatoms. The van der Waals surface area contributed by atoms with Gasteiger partial charge in [-0.2, -0.15) is 0 Å². The van der Waals surface area contributed by atoms with Gasteiger partial charge in [0.15, 0.2) is 5.16 Å². The average Bonchev–Trinajstić information content (AvgIpc) is 3.38. The molecule has 0 unspecified atom stereocenters. The lowest BCUT2D eigenvalue weighted by atomic mass is 10.1. The third-order valence-electron chi connectivity index (χ3n) is 4.06. The molecular weight excluding hydrogens is 412 g/mol. The van der Waals surface area contributed by atoms with E-state index in [1.165, 1.54) is 11.3 Å². The number of rotatable bonds is 6. The number of carbonyl (C=O) groups is 1. The molecular formula is C19H16N4O2S3. The number of fused-ring (bicyclic) bond motifs is 1. The van der Waals surface area contributed by atoms with E-state index in [9.17, 15) is 9.59 Å². The minimum atomic E-state index is -0.313. The van der Waals surface area contributed by atoms with Crippen LogP contribution in [-0.2, 0) is 11.3 Å². The van der Waals surface area contributed by atoms with Gasteiger partial charge in [-0.1, -0.05) is 48.2 Å². The number of nitrogen functional groups attached to an aromatic ring is 1. The number of thiophene rings is 2. The van der Waals surface area contributed by atoms with Crippen LogP contribution in [-0.4, -0.2) is 21.3 Å². The van der Waals surface area contributed by atoms with Gasteiger partial charge in [0, 0.05) is 15.8 Å². The summed E-state index contributed by atoms with van der Waals surface area (Å²) >= 11 is 4.14. The maximum Gasteiger partial charge on any atom is 0.282 e. The van der Waals surface area contributed by atoms with Crippen molar-refractivity contribution in [2.24, 2.45) is 0 Å². The second-order valence-electron chi connectivity index (χ2n) is 5.91. The molecule has 1 amide bonds. The van der Waals surface area contributed by atoms with Crippen molar-refractivity contribution in [1.29, 1.82) is 0 Å². The minimum absolute atomic E-state index is 0.135. The van der Waals surface area contributed by atoms with Crippen LogP contribution in [0, 0.1) is 0 Å². The highest BCUT2D eigenvalue weighted by Crippen LogP contribution is 2.31. The third kappa shape index (κ3) is 3.82. The molecule has 142 valence electrons. The quantitative estimate of drug-likeness (QED) is 0.279. The Morgan fingerprint density at radius 3 is 2.75 bits per heavy atom. The Balaban J connectivity index is 1.53. The molecule has 3 N–H and O–H groups in total. The van der Waals surface area contributed by atoms with E-state index < -0.39 is 0 Å². The molecule has 4 rings (SSSR count). The summed E-state index contributed by atoms with van der Waals surface area (Å²) in [6, 6.07) is 13.6. The second-order valence-corrected chi connectivity index (χ2v) is 8.74. The van der Waals surface area contributed by atoms with E-state index >= 15 is 0 Å². The zero-order valence-corrected chi connectivity index (χ0v) is 17.1. The molecule has 28 heavy (non-hydrogen) atoms. The number of nitrogens with one attached hydrogen (secondary N) is 1. The summed E-state index contributed by atoms with van der Waals surface area (Å²) in [5.74, 6) is 5.99. The first-order valence-corrected chi connectivity index (χ1v) is 11.1. The van der Waals surface area contributed by atoms with Crippen LogP contribution in [0.2, 0.25) is 0 Å². The van der Waals surface area contributed by atoms with E-state index in [2.05, 4.69) is 10.3 Å². The molecule has 0 bridgehead atoms. The van der Waals surface area contributed by atoms with Crippen molar-refractivity contribution in [2.45, 2.75) is 11.7 Å². The molecule has 4 aromatic rings. The molecule has 0 fully saturated rings. The number of hydrogen-bond acceptors (Lipinski definition) is 7. The fraction of sp³-hybridized carbons (Fsp3) is 0.105. The Kier molecular flexibility index (Phi) is 5.47. The van der Waals surface area contributed by atoms with E-state index in [1.54, 1.807) is 11.3 Å². The lowest BCUT2D eigenvalue weighted by Crippen LogP contribution is -2.30. The van der Waals surface area contributed by atoms with E-state index in [1.807, 2.05) is 53.2 Å². The zero-order chi connectivity index (χ0) is 19.5. The van der Waals surface area contributed by atoms with E-state index in [0.29, 0.717) is 21.9 Å². The first-order chi connectivity index (χ1) is 13.6. The van der Waals surface area contributed by atoms with Gasteiger partial charge in [0.1, 0.15) is 4.83 Å². The summed E-state index contributed by atoms with van der Waals surface area (Å²) in [6.45, 7) is 0.490. The van der Waals surface area contributed by atoms with Crippen LogP contribution in [0.1, 0.15) is 4.88 Å². The monoisotopic (exact) mass is 428 g/mol. The Hall–Kier alpha value is -2.62. The maximum absolute atomic E-state index is 12.8. The normalized spacial score (nSPS) is 11.0. The summed E-state index contributed by atoms with van der Waals surface area (Å²) in [4.78, 5) is 31.1. The molecule has 0 saturated carbocycles. The molecule has 0 atom stereocenters. The van der Waals surface area contributed by atoms with Gasteiger partial charge < -0.3 is 11.2 Å². The first kappa shape index (κ1) is 18.7. The van der Waals surface area contributed by atoms with Crippen molar-refractivity contribution in [3.63, 3.8) is 0 Å². The van der Waals surface area contributed by atoms with Gasteiger partial charge in [-0.25, -0.2) is 9.66 Å². The third-order valence-corrected chi connectivity index (χ3v) is 6.77. The number of carbonyl (C=O) groups excluding carboxylic acids is 1. The first-order valence-electron chi connectivity index (χ1n) is 8.40. The highest BCUT2D eigenvalue weighted by Gasteiger charge is 2.17. The van der Waals surface area contributed by atoms with Gasteiger partial charge in [-0.3, -0.25) is 9.59 Å². The largest absolute Gasteiger partial charge is 0.350 e. The molecule has 0 aliphatic heterocycles. The fourth-order valence-electron chi connectivity index (χ4n) is 2.70. The van der Waals surface area contributed by atoms with Gasteiger partial charge in [0.05, 0.1) is 17.7 Å². The number of nitrogens with two attached hydrogens (primary N) is 1. The van der Waals surface area contributed by atoms with Gasteiger partial charge in [-0.15, -0.1) is 22.7 Å². The number of aromatic nitrogens is 2. The maximum atomic E-state index is 12.8. The Labute approximate surface area is 173 Å². The summed E-state index contributed by atoms with van der Waals surface area (Å²) in [7, 11) is 0. The van der Waals surface area contributed by atoms with E-state index in [-0.39, 0.29) is 17.2 Å². The van der Waals surface area contributed by atoms with Crippen molar-refractivity contribution in [3.8, 4) is 11.1 Å². The van der Waals surface area contributed by atoms with Crippen molar-refractivity contribution in [1.82, 2.24) is 15.0 Å². The van der Waals surface area contributed by atoms with Crippen LogP contribution in [0.25, 0.3) is 21.3 Å². The van der Waals surface area contributed by atoms with Crippen molar-refractivity contribution in [2.75, 3.05) is 11.6 Å². The van der Waals surface area contributed by atoms with Crippen LogP contribution in [0.15, 0.2) is 63.2 Å². The van der Waals surface area contributed by atoms with E-state index in [4.69, 9.17) is 5.84 Å².